The Morgan fingerprint density at radius 3 is 2.48 bits per heavy atom. The molecule has 0 aliphatic carbocycles. The number of ether oxygens (including phenoxy) is 2. The fourth-order valence-corrected chi connectivity index (χ4v) is 4.43. The second-order valence-corrected chi connectivity index (χ2v) is 9.00. The smallest absolute Gasteiger partial charge is 0.338 e. The second-order valence-electron chi connectivity index (χ2n) is 6.32. The van der Waals surface area contributed by atoms with Crippen LogP contribution in [0, 0.1) is 3.95 Å². The minimum atomic E-state index is -0.566. The molecule has 0 radical (unpaired) electrons. The molecule has 1 N–H and O–H groups in total. The first-order valence-corrected chi connectivity index (χ1v) is 11.8. The van der Waals surface area contributed by atoms with Gasteiger partial charge in [0.1, 0.15) is 5.75 Å². The first-order chi connectivity index (χ1) is 15.0. The summed E-state index contributed by atoms with van der Waals surface area (Å²) in [6.07, 6.45) is 2.61. The van der Waals surface area contributed by atoms with Crippen LogP contribution in [0.25, 0.3) is 5.69 Å². The number of benzene rings is 2. The summed E-state index contributed by atoms with van der Waals surface area (Å²) in [5, 5.41) is 7.15. The Hall–Kier alpha value is -2.69. The lowest BCUT2D eigenvalue weighted by molar-refractivity contribution is -0.124. The molecule has 31 heavy (non-hydrogen) atoms. The third-order valence-electron chi connectivity index (χ3n) is 4.28. The van der Waals surface area contributed by atoms with Crippen molar-refractivity contribution >= 4 is 47.2 Å². The molecule has 0 spiro atoms. The minimum Gasteiger partial charge on any atom is -0.497 e. The first kappa shape index (κ1) is 23.0. The molecule has 1 aromatic heterocycles. The number of carbonyl (C=O) groups is 2. The number of hydrogen-bond acceptors (Lipinski definition) is 8. The Balaban J connectivity index is 1.45. The van der Waals surface area contributed by atoms with E-state index in [1.54, 1.807) is 36.1 Å². The lowest BCUT2D eigenvalue weighted by atomic mass is 10.1. The van der Waals surface area contributed by atoms with E-state index in [-0.39, 0.29) is 12.5 Å². The van der Waals surface area contributed by atoms with Crippen LogP contribution in [0.15, 0.2) is 52.9 Å². The average molecular weight is 476 g/mol. The zero-order valence-corrected chi connectivity index (χ0v) is 19.4. The summed E-state index contributed by atoms with van der Waals surface area (Å²) in [5.74, 6) is -0.132. The Morgan fingerprint density at radius 2 is 1.87 bits per heavy atom. The number of nitrogens with zero attached hydrogens (tertiary/aromatic N) is 2. The highest BCUT2D eigenvalue weighted by atomic mass is 32.2. The van der Waals surface area contributed by atoms with Crippen LogP contribution >= 0.6 is 35.3 Å². The van der Waals surface area contributed by atoms with Gasteiger partial charge >= 0.3 is 5.97 Å². The van der Waals surface area contributed by atoms with Gasteiger partial charge in [-0.1, -0.05) is 35.2 Å². The Bertz CT molecular complexity index is 1090. The monoisotopic (exact) mass is 475 g/mol. The number of methoxy groups -OCH3 is 1. The molecule has 0 unspecified atom stereocenters. The Morgan fingerprint density at radius 1 is 1.16 bits per heavy atom. The number of hydrogen-bond donors (Lipinski definition) is 1. The first-order valence-electron chi connectivity index (χ1n) is 9.31. The van der Waals surface area contributed by atoms with Crippen LogP contribution < -0.4 is 10.1 Å². The van der Waals surface area contributed by atoms with Crippen LogP contribution in [0.2, 0.25) is 0 Å². The number of carbonyl (C=O) groups excluding carboxylic acids is 2. The van der Waals surface area contributed by atoms with Crippen molar-refractivity contribution in [2.24, 2.45) is 0 Å². The van der Waals surface area contributed by atoms with Crippen molar-refractivity contribution in [3.05, 3.63) is 63.6 Å². The van der Waals surface area contributed by atoms with Crippen molar-refractivity contribution in [3.63, 3.8) is 0 Å². The van der Waals surface area contributed by atoms with Crippen molar-refractivity contribution in [1.29, 1.82) is 0 Å². The number of aromatic nitrogens is 2. The maximum atomic E-state index is 12.2. The predicted octanol–water partition coefficient (Wildman–Crippen LogP) is 3.91. The third-order valence-corrected chi connectivity index (χ3v) is 6.49. The molecule has 2 aromatic carbocycles. The van der Waals surface area contributed by atoms with Gasteiger partial charge in [0, 0.05) is 6.54 Å². The van der Waals surface area contributed by atoms with E-state index in [9.17, 15) is 9.59 Å². The lowest BCUT2D eigenvalue weighted by Gasteiger charge is -2.08. The summed E-state index contributed by atoms with van der Waals surface area (Å²) in [4.78, 5) is 24.2. The molecule has 3 aromatic rings. The summed E-state index contributed by atoms with van der Waals surface area (Å²) in [5.41, 5.74) is 2.18. The average Bonchev–Trinajstić information content (AvgIpc) is 3.18. The highest BCUT2D eigenvalue weighted by molar-refractivity contribution is 8.00. The van der Waals surface area contributed by atoms with E-state index in [1.807, 2.05) is 30.5 Å². The Labute approximate surface area is 193 Å². The maximum Gasteiger partial charge on any atom is 0.338 e. The summed E-state index contributed by atoms with van der Waals surface area (Å²) in [6, 6.07) is 14.3. The van der Waals surface area contributed by atoms with E-state index in [0.29, 0.717) is 22.5 Å². The molecule has 0 aliphatic heterocycles. The molecular formula is C21H21N3O4S3. The van der Waals surface area contributed by atoms with Crippen LogP contribution in [0.4, 0.5) is 0 Å². The van der Waals surface area contributed by atoms with Crippen LogP contribution in [0.5, 0.6) is 5.75 Å². The predicted molar refractivity (Wildman–Crippen MR) is 124 cm³/mol. The van der Waals surface area contributed by atoms with Crippen molar-refractivity contribution in [2.45, 2.75) is 10.8 Å². The molecule has 1 amide bonds. The minimum absolute atomic E-state index is 0.336. The van der Waals surface area contributed by atoms with E-state index < -0.39 is 5.97 Å². The molecule has 3 rings (SSSR count). The molecule has 0 atom stereocenters. The summed E-state index contributed by atoms with van der Waals surface area (Å²) < 4.78 is 13.4. The van der Waals surface area contributed by atoms with Gasteiger partial charge in [0.2, 0.25) is 0 Å². The molecule has 0 saturated carbocycles. The van der Waals surface area contributed by atoms with Gasteiger partial charge in [-0.25, -0.2) is 9.48 Å². The standard InChI is InChI=1S/C21H21N3O4S3/c1-27-17-9-3-14(4-10-17)11-12-22-18(25)13-28-19(26)15-5-7-16(8-6-15)24-21(29)31-20(23-24)30-2/h3-10H,11-13H2,1-2H3,(H,22,25). The molecule has 7 nitrogen and oxygen atoms in total. The van der Waals surface area contributed by atoms with Gasteiger partial charge in [-0.15, -0.1) is 5.10 Å². The molecule has 1 heterocycles. The van der Waals surface area contributed by atoms with Crippen LogP contribution in [-0.4, -0.2) is 48.2 Å². The van der Waals surface area contributed by atoms with Crippen molar-refractivity contribution < 1.29 is 19.1 Å². The molecule has 0 saturated heterocycles. The van der Waals surface area contributed by atoms with Crippen molar-refractivity contribution in [3.8, 4) is 11.4 Å². The van der Waals surface area contributed by atoms with Crippen LogP contribution in [0.1, 0.15) is 15.9 Å². The largest absolute Gasteiger partial charge is 0.497 e. The molecule has 10 heteroatoms. The van der Waals surface area contributed by atoms with E-state index >= 15 is 0 Å². The highest BCUT2D eigenvalue weighted by Crippen LogP contribution is 2.22. The van der Waals surface area contributed by atoms with E-state index in [1.165, 1.54) is 23.1 Å². The molecular weight excluding hydrogens is 454 g/mol. The summed E-state index contributed by atoms with van der Waals surface area (Å²) in [6.45, 7) is 0.112. The van der Waals surface area contributed by atoms with Gasteiger partial charge in [0.05, 0.1) is 18.4 Å². The second kappa shape index (κ2) is 11.1. The van der Waals surface area contributed by atoms with Crippen LogP contribution in [-0.2, 0) is 16.0 Å². The fourth-order valence-electron chi connectivity index (χ4n) is 2.65. The number of thioether (sulfide) groups is 1. The molecule has 0 fully saturated rings. The van der Waals surface area contributed by atoms with Crippen molar-refractivity contribution in [1.82, 2.24) is 15.1 Å². The molecule has 162 valence electrons. The van der Waals surface area contributed by atoms with Gasteiger partial charge in [0.15, 0.2) is 14.9 Å². The number of esters is 1. The number of rotatable bonds is 9. The SMILES string of the molecule is COc1ccc(CCNC(=O)COC(=O)c2ccc(-n3nc(SC)sc3=S)cc2)cc1. The van der Waals surface area contributed by atoms with E-state index in [0.717, 1.165) is 21.3 Å². The number of nitrogens with one attached hydrogen (secondary N) is 1. The van der Waals surface area contributed by atoms with Gasteiger partial charge in [-0.05, 0) is 66.9 Å². The zero-order chi connectivity index (χ0) is 22.2. The third kappa shape index (κ3) is 6.39. The van der Waals surface area contributed by atoms with E-state index in [4.69, 9.17) is 21.7 Å². The van der Waals surface area contributed by atoms with E-state index in [2.05, 4.69) is 10.4 Å². The zero-order valence-electron chi connectivity index (χ0n) is 17.0. The van der Waals surface area contributed by atoms with Gasteiger partial charge in [0.25, 0.3) is 5.91 Å². The summed E-state index contributed by atoms with van der Waals surface area (Å²) in [7, 11) is 1.61. The quantitative estimate of drug-likeness (QED) is 0.285. The molecule has 0 bridgehead atoms. The molecule has 0 aliphatic rings. The topological polar surface area (TPSA) is 82.5 Å². The highest BCUT2D eigenvalue weighted by Gasteiger charge is 2.11. The van der Waals surface area contributed by atoms with Gasteiger partial charge in [-0.3, -0.25) is 4.79 Å². The van der Waals surface area contributed by atoms with Gasteiger partial charge in [-0.2, -0.15) is 0 Å². The normalized spacial score (nSPS) is 10.5. The van der Waals surface area contributed by atoms with Crippen molar-refractivity contribution in [2.75, 3.05) is 26.5 Å². The Kier molecular flexibility index (Phi) is 8.21. The summed E-state index contributed by atoms with van der Waals surface area (Å²) >= 11 is 8.27. The fraction of sp³-hybridized carbons (Fsp3) is 0.238. The van der Waals surface area contributed by atoms with Crippen LogP contribution in [0.3, 0.4) is 0 Å². The lowest BCUT2D eigenvalue weighted by Crippen LogP contribution is -2.30. The number of amides is 1. The van der Waals surface area contributed by atoms with Gasteiger partial charge < -0.3 is 14.8 Å². The maximum absolute atomic E-state index is 12.2.